The number of nitrogens with zero attached hydrogens (tertiary/aromatic N) is 2. The fraction of sp³-hybridized carbons (Fsp3) is 0.579. The van der Waals surface area contributed by atoms with Crippen molar-refractivity contribution in [3.05, 3.63) is 28.8 Å². The second kappa shape index (κ2) is 9.24. The predicted octanol–water partition coefficient (Wildman–Crippen LogP) is 2.75. The van der Waals surface area contributed by atoms with Gasteiger partial charge in [-0.2, -0.15) is 5.10 Å². The molecule has 1 unspecified atom stereocenters. The van der Waals surface area contributed by atoms with Crippen molar-refractivity contribution in [3.8, 4) is 5.75 Å². The van der Waals surface area contributed by atoms with Crippen molar-refractivity contribution in [3.63, 3.8) is 0 Å². The number of hydrogen-bond donors (Lipinski definition) is 2. The van der Waals surface area contributed by atoms with Crippen LogP contribution in [-0.2, 0) is 4.79 Å². The fourth-order valence-corrected chi connectivity index (χ4v) is 3.72. The Bertz CT molecular complexity index is 659. The van der Waals surface area contributed by atoms with Crippen LogP contribution in [0.1, 0.15) is 44.1 Å². The van der Waals surface area contributed by atoms with E-state index >= 15 is 0 Å². The zero-order chi connectivity index (χ0) is 18.4. The SMILES string of the molecule is COc1ccc(C2=NNC(NC(=O)CCCN3CCCCC3)C2)cc1Cl. The van der Waals surface area contributed by atoms with E-state index in [0.29, 0.717) is 23.6 Å². The lowest BCUT2D eigenvalue weighted by molar-refractivity contribution is -0.122. The van der Waals surface area contributed by atoms with Gasteiger partial charge in [0, 0.05) is 12.8 Å². The van der Waals surface area contributed by atoms with Crippen LogP contribution in [0.25, 0.3) is 0 Å². The number of hydrazone groups is 1. The first-order valence-electron chi connectivity index (χ1n) is 9.33. The summed E-state index contributed by atoms with van der Waals surface area (Å²) in [5, 5.41) is 7.90. The number of halogens is 1. The molecule has 26 heavy (non-hydrogen) atoms. The van der Waals surface area contributed by atoms with Crippen LogP contribution in [0, 0.1) is 0 Å². The number of hydrogen-bond acceptors (Lipinski definition) is 5. The van der Waals surface area contributed by atoms with Gasteiger partial charge in [-0.05, 0) is 62.7 Å². The van der Waals surface area contributed by atoms with Gasteiger partial charge in [0.05, 0.1) is 17.8 Å². The lowest BCUT2D eigenvalue weighted by Crippen LogP contribution is -2.41. The van der Waals surface area contributed by atoms with Gasteiger partial charge in [0.15, 0.2) is 0 Å². The van der Waals surface area contributed by atoms with E-state index in [1.165, 1.54) is 32.4 Å². The minimum Gasteiger partial charge on any atom is -0.495 e. The molecule has 1 aromatic rings. The molecule has 1 aromatic carbocycles. The van der Waals surface area contributed by atoms with Crippen molar-refractivity contribution in [2.45, 2.75) is 44.7 Å². The summed E-state index contributed by atoms with van der Waals surface area (Å²) in [5.74, 6) is 0.712. The molecule has 6 nitrogen and oxygen atoms in total. The van der Waals surface area contributed by atoms with Crippen molar-refractivity contribution in [2.24, 2.45) is 5.10 Å². The molecule has 1 saturated heterocycles. The average Bonchev–Trinajstić information content (AvgIpc) is 3.11. The van der Waals surface area contributed by atoms with Gasteiger partial charge < -0.3 is 15.0 Å². The second-order valence-electron chi connectivity index (χ2n) is 6.87. The van der Waals surface area contributed by atoms with E-state index in [1.807, 2.05) is 18.2 Å². The molecule has 2 aliphatic rings. The highest BCUT2D eigenvalue weighted by Gasteiger charge is 2.22. The first-order valence-corrected chi connectivity index (χ1v) is 9.71. The van der Waals surface area contributed by atoms with Gasteiger partial charge in [0.1, 0.15) is 11.9 Å². The van der Waals surface area contributed by atoms with E-state index in [9.17, 15) is 4.79 Å². The Morgan fingerprint density at radius 2 is 2.19 bits per heavy atom. The van der Waals surface area contributed by atoms with E-state index in [1.54, 1.807) is 7.11 Å². The molecule has 1 fully saturated rings. The number of rotatable bonds is 7. The third-order valence-corrected chi connectivity index (χ3v) is 5.20. The standard InChI is InChI=1S/C19H27ClN4O2/c1-26-17-8-7-14(12-15(17)20)16-13-18(23-22-16)21-19(25)6-5-11-24-9-3-2-4-10-24/h7-8,12,18,23H,2-6,9-11,13H2,1H3,(H,21,25). The Hall–Kier alpha value is -1.79. The lowest BCUT2D eigenvalue weighted by Gasteiger charge is -2.26. The van der Waals surface area contributed by atoms with Crippen LogP contribution < -0.4 is 15.5 Å². The third-order valence-electron chi connectivity index (χ3n) is 4.90. The Morgan fingerprint density at radius 3 is 2.92 bits per heavy atom. The minimum atomic E-state index is -0.159. The zero-order valence-corrected chi connectivity index (χ0v) is 16.0. The Kier molecular flexibility index (Phi) is 6.74. The molecule has 1 amide bonds. The molecule has 0 bridgehead atoms. The number of methoxy groups -OCH3 is 1. The van der Waals surface area contributed by atoms with Crippen LogP contribution >= 0.6 is 11.6 Å². The van der Waals surface area contributed by atoms with Gasteiger partial charge in [-0.15, -0.1) is 0 Å². The molecule has 0 radical (unpaired) electrons. The molecule has 1 atom stereocenters. The Morgan fingerprint density at radius 1 is 1.38 bits per heavy atom. The van der Waals surface area contributed by atoms with Crippen LogP contribution in [0.15, 0.2) is 23.3 Å². The predicted molar refractivity (Wildman–Crippen MR) is 104 cm³/mol. The van der Waals surface area contributed by atoms with E-state index in [-0.39, 0.29) is 12.1 Å². The molecular weight excluding hydrogens is 352 g/mol. The Balaban J connectivity index is 1.40. The first-order chi connectivity index (χ1) is 12.7. The quantitative estimate of drug-likeness (QED) is 0.765. The molecule has 0 saturated carbocycles. The maximum Gasteiger partial charge on any atom is 0.221 e. The number of benzene rings is 1. The van der Waals surface area contributed by atoms with Gasteiger partial charge >= 0.3 is 0 Å². The van der Waals surface area contributed by atoms with Gasteiger partial charge in [-0.1, -0.05) is 18.0 Å². The third kappa shape index (κ3) is 5.11. The number of nitrogens with one attached hydrogen (secondary N) is 2. The Labute approximate surface area is 159 Å². The molecule has 2 N–H and O–H groups in total. The van der Waals surface area contributed by atoms with Crippen LogP contribution in [0.5, 0.6) is 5.75 Å². The second-order valence-corrected chi connectivity index (χ2v) is 7.27. The highest BCUT2D eigenvalue weighted by Crippen LogP contribution is 2.26. The summed E-state index contributed by atoms with van der Waals surface area (Å²) in [4.78, 5) is 14.6. The van der Waals surface area contributed by atoms with Crippen LogP contribution in [0.3, 0.4) is 0 Å². The molecule has 7 heteroatoms. The molecule has 0 spiro atoms. The van der Waals surface area contributed by atoms with Crippen molar-refractivity contribution in [1.82, 2.24) is 15.6 Å². The maximum atomic E-state index is 12.2. The minimum absolute atomic E-state index is 0.0729. The highest BCUT2D eigenvalue weighted by atomic mass is 35.5. The number of likely N-dealkylation sites (tertiary alicyclic amines) is 1. The molecule has 142 valence electrons. The monoisotopic (exact) mass is 378 g/mol. The van der Waals surface area contributed by atoms with Gasteiger partial charge in [-0.25, -0.2) is 0 Å². The van der Waals surface area contributed by atoms with E-state index in [4.69, 9.17) is 16.3 Å². The molecule has 0 aliphatic carbocycles. The highest BCUT2D eigenvalue weighted by molar-refractivity contribution is 6.32. The average molecular weight is 379 g/mol. The van der Waals surface area contributed by atoms with Crippen molar-refractivity contribution in [2.75, 3.05) is 26.7 Å². The maximum absolute atomic E-state index is 12.2. The van der Waals surface area contributed by atoms with Crippen molar-refractivity contribution < 1.29 is 9.53 Å². The van der Waals surface area contributed by atoms with Crippen molar-refractivity contribution in [1.29, 1.82) is 0 Å². The van der Waals surface area contributed by atoms with Gasteiger partial charge in [-0.3, -0.25) is 10.2 Å². The van der Waals surface area contributed by atoms with E-state index < -0.39 is 0 Å². The normalized spacial score (nSPS) is 20.4. The van der Waals surface area contributed by atoms with E-state index in [0.717, 1.165) is 24.2 Å². The van der Waals surface area contributed by atoms with Gasteiger partial charge in [0.2, 0.25) is 5.91 Å². The van der Waals surface area contributed by atoms with Gasteiger partial charge in [0.25, 0.3) is 0 Å². The van der Waals surface area contributed by atoms with Crippen molar-refractivity contribution >= 4 is 23.2 Å². The van der Waals surface area contributed by atoms with Crippen LogP contribution in [0.2, 0.25) is 5.02 Å². The first kappa shape index (κ1) is 19.0. The number of ether oxygens (including phenoxy) is 1. The number of piperidine rings is 1. The summed E-state index contributed by atoms with van der Waals surface area (Å²) in [6.07, 6.45) is 5.85. The summed E-state index contributed by atoms with van der Waals surface area (Å²) < 4.78 is 5.17. The summed E-state index contributed by atoms with van der Waals surface area (Å²) in [5.41, 5.74) is 4.81. The van der Waals surface area contributed by atoms with Crippen LogP contribution in [0.4, 0.5) is 0 Å². The van der Waals surface area contributed by atoms with Crippen LogP contribution in [-0.4, -0.2) is 49.4 Å². The zero-order valence-electron chi connectivity index (χ0n) is 15.3. The van der Waals surface area contributed by atoms with E-state index in [2.05, 4.69) is 20.7 Å². The summed E-state index contributed by atoms with van der Waals surface area (Å²) >= 11 is 6.18. The summed E-state index contributed by atoms with van der Waals surface area (Å²) in [6, 6.07) is 5.59. The number of carbonyl (C=O) groups excluding carboxylic acids is 1. The molecular formula is C19H27ClN4O2. The largest absolute Gasteiger partial charge is 0.495 e. The fourth-order valence-electron chi connectivity index (χ4n) is 3.46. The smallest absolute Gasteiger partial charge is 0.221 e. The summed E-state index contributed by atoms with van der Waals surface area (Å²) in [7, 11) is 1.59. The lowest BCUT2D eigenvalue weighted by atomic mass is 10.1. The molecule has 0 aromatic heterocycles. The summed E-state index contributed by atoms with van der Waals surface area (Å²) in [6.45, 7) is 3.36. The topological polar surface area (TPSA) is 66.0 Å². The molecule has 2 heterocycles. The number of amides is 1. The molecule has 3 rings (SSSR count). The molecule has 2 aliphatic heterocycles. The number of carbonyl (C=O) groups is 1.